The predicted molar refractivity (Wildman–Crippen MR) is 75.9 cm³/mol. The van der Waals surface area contributed by atoms with Crippen molar-refractivity contribution in [1.82, 2.24) is 5.32 Å². The molecule has 0 atom stereocenters. The van der Waals surface area contributed by atoms with Gasteiger partial charge in [0.05, 0.1) is 6.61 Å². The number of benzene rings is 1. The molecule has 0 aliphatic heterocycles. The molecule has 1 aromatic carbocycles. The van der Waals surface area contributed by atoms with Crippen LogP contribution in [0.4, 0.5) is 0 Å². The summed E-state index contributed by atoms with van der Waals surface area (Å²) in [5.74, 6) is 0.993. The third-order valence-corrected chi connectivity index (χ3v) is 3.91. The van der Waals surface area contributed by atoms with Crippen molar-refractivity contribution in [2.45, 2.75) is 46.1 Å². The quantitative estimate of drug-likeness (QED) is 0.755. The lowest BCUT2D eigenvalue weighted by atomic mass is 10.0. The Balaban J connectivity index is 1.78. The summed E-state index contributed by atoms with van der Waals surface area (Å²) >= 11 is 0. The zero-order valence-corrected chi connectivity index (χ0v) is 11.7. The third kappa shape index (κ3) is 3.74. The van der Waals surface area contributed by atoms with Gasteiger partial charge in [0, 0.05) is 13.1 Å². The van der Waals surface area contributed by atoms with Crippen LogP contribution in [0.15, 0.2) is 24.3 Å². The maximum Gasteiger partial charge on any atom is 0.119 e. The van der Waals surface area contributed by atoms with Crippen molar-refractivity contribution in [2.24, 2.45) is 5.41 Å². The first-order valence-electron chi connectivity index (χ1n) is 7.20. The van der Waals surface area contributed by atoms with Gasteiger partial charge in [-0.2, -0.15) is 0 Å². The van der Waals surface area contributed by atoms with E-state index >= 15 is 0 Å². The van der Waals surface area contributed by atoms with Gasteiger partial charge in [0.1, 0.15) is 5.75 Å². The van der Waals surface area contributed by atoms with E-state index in [1.165, 1.54) is 24.8 Å². The predicted octanol–water partition coefficient (Wildman–Crippen LogP) is 3.76. The van der Waals surface area contributed by atoms with Gasteiger partial charge in [-0.05, 0) is 48.8 Å². The van der Waals surface area contributed by atoms with Crippen LogP contribution in [0.2, 0.25) is 0 Å². The summed E-state index contributed by atoms with van der Waals surface area (Å²) in [6.45, 7) is 7.34. The zero-order valence-electron chi connectivity index (χ0n) is 11.7. The summed E-state index contributed by atoms with van der Waals surface area (Å²) in [7, 11) is 0. The van der Waals surface area contributed by atoms with Crippen LogP contribution in [0.25, 0.3) is 0 Å². The number of rotatable bonds is 8. The molecule has 1 aliphatic carbocycles. The van der Waals surface area contributed by atoms with Crippen molar-refractivity contribution >= 4 is 0 Å². The van der Waals surface area contributed by atoms with Gasteiger partial charge in [-0.3, -0.25) is 0 Å². The van der Waals surface area contributed by atoms with E-state index in [1.807, 2.05) is 6.07 Å². The first kappa shape index (κ1) is 13.4. The van der Waals surface area contributed by atoms with Crippen LogP contribution >= 0.6 is 0 Å². The molecule has 1 aromatic rings. The second-order valence-electron chi connectivity index (χ2n) is 5.45. The van der Waals surface area contributed by atoms with Crippen LogP contribution in [0.1, 0.15) is 45.1 Å². The number of nitrogens with one attached hydrogen (secondary N) is 1. The van der Waals surface area contributed by atoms with E-state index in [1.54, 1.807) is 0 Å². The molecule has 1 fully saturated rings. The van der Waals surface area contributed by atoms with Crippen molar-refractivity contribution in [2.75, 3.05) is 13.2 Å². The van der Waals surface area contributed by atoms with Crippen molar-refractivity contribution in [1.29, 1.82) is 0 Å². The molecule has 1 aliphatic rings. The summed E-state index contributed by atoms with van der Waals surface area (Å²) in [6, 6.07) is 8.42. The fourth-order valence-electron chi connectivity index (χ4n) is 2.27. The average Bonchev–Trinajstić information content (AvgIpc) is 3.17. The minimum atomic E-state index is 0.621. The minimum absolute atomic E-state index is 0.621. The van der Waals surface area contributed by atoms with E-state index < -0.39 is 0 Å². The van der Waals surface area contributed by atoms with Crippen LogP contribution in [-0.4, -0.2) is 13.2 Å². The molecule has 100 valence electrons. The number of hydrogen-bond donors (Lipinski definition) is 1. The summed E-state index contributed by atoms with van der Waals surface area (Å²) in [5, 5.41) is 3.58. The molecule has 0 unspecified atom stereocenters. The second kappa shape index (κ2) is 6.24. The smallest absolute Gasteiger partial charge is 0.119 e. The summed E-state index contributed by atoms with van der Waals surface area (Å²) < 4.78 is 5.65. The number of hydrogen-bond acceptors (Lipinski definition) is 2. The van der Waals surface area contributed by atoms with Crippen molar-refractivity contribution in [3.63, 3.8) is 0 Å². The lowest BCUT2D eigenvalue weighted by Gasteiger charge is -2.13. The summed E-state index contributed by atoms with van der Waals surface area (Å²) in [6.07, 6.45) is 5.16. The Morgan fingerprint density at radius 3 is 2.78 bits per heavy atom. The van der Waals surface area contributed by atoms with Gasteiger partial charge in [0.2, 0.25) is 0 Å². The Hall–Kier alpha value is -1.02. The molecular formula is C16H25NO. The molecule has 18 heavy (non-hydrogen) atoms. The third-order valence-electron chi connectivity index (χ3n) is 3.91. The molecule has 1 N–H and O–H groups in total. The largest absolute Gasteiger partial charge is 0.494 e. The van der Waals surface area contributed by atoms with E-state index in [0.29, 0.717) is 5.41 Å². The Labute approximate surface area is 111 Å². The lowest BCUT2D eigenvalue weighted by Crippen LogP contribution is -2.23. The van der Waals surface area contributed by atoms with Gasteiger partial charge in [-0.15, -0.1) is 0 Å². The van der Waals surface area contributed by atoms with Crippen LogP contribution < -0.4 is 10.1 Å². The highest BCUT2D eigenvalue weighted by atomic mass is 16.5. The van der Waals surface area contributed by atoms with Gasteiger partial charge in [-0.1, -0.05) is 26.0 Å². The Morgan fingerprint density at radius 1 is 1.28 bits per heavy atom. The van der Waals surface area contributed by atoms with E-state index in [9.17, 15) is 0 Å². The van der Waals surface area contributed by atoms with Gasteiger partial charge >= 0.3 is 0 Å². The van der Waals surface area contributed by atoms with E-state index in [2.05, 4.69) is 37.4 Å². The fourth-order valence-corrected chi connectivity index (χ4v) is 2.27. The van der Waals surface area contributed by atoms with Gasteiger partial charge in [0.25, 0.3) is 0 Å². The molecule has 1 saturated carbocycles. The van der Waals surface area contributed by atoms with E-state index in [4.69, 9.17) is 4.74 Å². The molecule has 0 radical (unpaired) electrons. The highest BCUT2D eigenvalue weighted by molar-refractivity contribution is 5.28. The van der Waals surface area contributed by atoms with Crippen molar-refractivity contribution in [3.8, 4) is 5.75 Å². The monoisotopic (exact) mass is 247 g/mol. The maximum atomic E-state index is 5.65. The molecule has 0 aromatic heterocycles. The topological polar surface area (TPSA) is 21.3 Å². The highest BCUT2D eigenvalue weighted by Gasteiger charge is 2.39. The minimum Gasteiger partial charge on any atom is -0.494 e. The van der Waals surface area contributed by atoms with Crippen molar-refractivity contribution < 1.29 is 4.74 Å². The lowest BCUT2D eigenvalue weighted by molar-refractivity contribution is 0.317. The maximum absolute atomic E-state index is 5.65. The Bertz CT molecular complexity index is 371. The van der Waals surface area contributed by atoms with Crippen LogP contribution in [0.3, 0.4) is 0 Å². The van der Waals surface area contributed by atoms with E-state index in [-0.39, 0.29) is 0 Å². The normalized spacial score (nSPS) is 16.6. The van der Waals surface area contributed by atoms with Crippen molar-refractivity contribution in [3.05, 3.63) is 29.8 Å². The molecule has 2 heteroatoms. The van der Waals surface area contributed by atoms with Crippen LogP contribution in [0.5, 0.6) is 5.75 Å². The second-order valence-corrected chi connectivity index (χ2v) is 5.45. The molecule has 0 amide bonds. The average molecular weight is 247 g/mol. The summed E-state index contributed by atoms with van der Waals surface area (Å²) in [5.41, 5.74) is 1.94. The van der Waals surface area contributed by atoms with E-state index in [0.717, 1.165) is 31.9 Å². The SMILES string of the molecule is CCCOc1cccc(CNCC2(CC)CC2)c1. The Morgan fingerprint density at radius 2 is 2.11 bits per heavy atom. The molecule has 0 spiro atoms. The first-order valence-corrected chi connectivity index (χ1v) is 7.20. The Kier molecular flexibility index (Phi) is 4.65. The highest BCUT2D eigenvalue weighted by Crippen LogP contribution is 2.47. The molecule has 0 bridgehead atoms. The van der Waals surface area contributed by atoms with Crippen LogP contribution in [0, 0.1) is 5.41 Å². The zero-order chi connectivity index (χ0) is 12.8. The van der Waals surface area contributed by atoms with Gasteiger partial charge in [-0.25, -0.2) is 0 Å². The molecule has 2 nitrogen and oxygen atoms in total. The number of ether oxygens (including phenoxy) is 1. The first-order chi connectivity index (χ1) is 8.78. The standard InChI is InChI=1S/C16H25NO/c1-3-10-18-15-7-5-6-14(11-15)12-17-13-16(4-2)8-9-16/h5-7,11,17H,3-4,8-10,12-13H2,1-2H3. The molecule has 2 rings (SSSR count). The molecule has 0 saturated heterocycles. The molecule has 0 heterocycles. The fraction of sp³-hybridized carbons (Fsp3) is 0.625. The van der Waals surface area contributed by atoms with Crippen LogP contribution in [-0.2, 0) is 6.54 Å². The molecular weight excluding hydrogens is 222 g/mol. The van der Waals surface area contributed by atoms with Gasteiger partial charge < -0.3 is 10.1 Å². The summed E-state index contributed by atoms with van der Waals surface area (Å²) in [4.78, 5) is 0. The van der Waals surface area contributed by atoms with Gasteiger partial charge in [0.15, 0.2) is 0 Å².